The molecular weight excluding hydrogens is 290 g/mol. The Morgan fingerprint density at radius 2 is 2.33 bits per heavy atom. The fourth-order valence-corrected chi connectivity index (χ4v) is 2.45. The number of tetrazole rings is 1. The molecule has 0 radical (unpaired) electrons. The minimum absolute atomic E-state index is 0.212. The van der Waals surface area contributed by atoms with Crippen LogP contribution in [0.15, 0.2) is 30.6 Å². The number of rotatable bonds is 4. The van der Waals surface area contributed by atoms with Crippen LogP contribution in [0.25, 0.3) is 5.69 Å². The van der Waals surface area contributed by atoms with E-state index in [4.69, 9.17) is 0 Å². The minimum atomic E-state index is -0.212. The molecule has 0 unspecified atom stereocenters. The van der Waals surface area contributed by atoms with Gasteiger partial charge in [0.2, 0.25) is 0 Å². The van der Waals surface area contributed by atoms with Gasteiger partial charge in [-0.2, -0.15) is 0 Å². The zero-order valence-corrected chi connectivity index (χ0v) is 11.9. The number of carbonyl (C=O) groups is 1. The van der Waals surface area contributed by atoms with Gasteiger partial charge in [-0.25, -0.2) is 4.68 Å². The molecule has 0 bridgehead atoms. The van der Waals surface area contributed by atoms with Gasteiger partial charge in [0, 0.05) is 5.69 Å². The second kappa shape index (κ2) is 5.75. The molecule has 0 atom stereocenters. The first kappa shape index (κ1) is 13.3. The second-order valence-electron chi connectivity index (χ2n) is 4.16. The molecule has 0 saturated heterocycles. The van der Waals surface area contributed by atoms with Crippen molar-refractivity contribution < 1.29 is 4.79 Å². The zero-order valence-electron chi connectivity index (χ0n) is 11.1. The molecule has 9 heteroatoms. The van der Waals surface area contributed by atoms with Crippen LogP contribution in [0.3, 0.4) is 0 Å². The van der Waals surface area contributed by atoms with Gasteiger partial charge < -0.3 is 5.32 Å². The molecule has 106 valence electrons. The van der Waals surface area contributed by atoms with Crippen molar-refractivity contribution in [2.45, 2.75) is 13.3 Å². The van der Waals surface area contributed by atoms with Gasteiger partial charge in [-0.3, -0.25) is 4.79 Å². The molecule has 0 aliphatic heterocycles. The SMILES string of the molecule is CCc1nnsc1C(=O)Nc1cccc(-n2cnnn2)c1. The highest BCUT2D eigenvalue weighted by Crippen LogP contribution is 2.17. The predicted octanol–water partition coefficient (Wildman–Crippen LogP) is 1.33. The van der Waals surface area contributed by atoms with Crippen LogP contribution in [0.5, 0.6) is 0 Å². The lowest BCUT2D eigenvalue weighted by Gasteiger charge is -2.06. The number of hydrogen-bond donors (Lipinski definition) is 1. The molecule has 0 fully saturated rings. The third-order valence-corrected chi connectivity index (χ3v) is 3.58. The van der Waals surface area contributed by atoms with E-state index in [-0.39, 0.29) is 5.91 Å². The molecule has 21 heavy (non-hydrogen) atoms. The van der Waals surface area contributed by atoms with Crippen LogP contribution in [0.4, 0.5) is 5.69 Å². The molecule has 1 amide bonds. The van der Waals surface area contributed by atoms with Gasteiger partial charge in [0.1, 0.15) is 11.2 Å². The number of nitrogens with one attached hydrogen (secondary N) is 1. The number of anilines is 1. The van der Waals surface area contributed by atoms with Crippen molar-refractivity contribution in [3.05, 3.63) is 41.2 Å². The Hall–Kier alpha value is -2.68. The topological polar surface area (TPSA) is 98.5 Å². The van der Waals surface area contributed by atoms with E-state index in [1.165, 1.54) is 11.0 Å². The number of nitrogens with zero attached hydrogens (tertiary/aromatic N) is 6. The lowest BCUT2D eigenvalue weighted by atomic mass is 10.2. The highest BCUT2D eigenvalue weighted by molar-refractivity contribution is 7.08. The van der Waals surface area contributed by atoms with Crippen LogP contribution in [-0.2, 0) is 6.42 Å². The summed E-state index contributed by atoms with van der Waals surface area (Å²) in [4.78, 5) is 12.8. The summed E-state index contributed by atoms with van der Waals surface area (Å²) in [6, 6.07) is 7.25. The molecular formula is C12H11N7OS. The molecule has 0 spiro atoms. The average molecular weight is 301 g/mol. The van der Waals surface area contributed by atoms with Crippen LogP contribution in [0.2, 0.25) is 0 Å². The summed E-state index contributed by atoms with van der Waals surface area (Å²) in [5.41, 5.74) is 2.12. The maximum absolute atomic E-state index is 12.2. The number of benzene rings is 1. The number of amides is 1. The van der Waals surface area contributed by atoms with Crippen LogP contribution in [-0.4, -0.2) is 35.7 Å². The summed E-state index contributed by atoms with van der Waals surface area (Å²) >= 11 is 1.09. The fourth-order valence-electron chi connectivity index (χ4n) is 1.81. The summed E-state index contributed by atoms with van der Waals surface area (Å²) in [6.07, 6.45) is 2.16. The summed E-state index contributed by atoms with van der Waals surface area (Å²) in [6.45, 7) is 1.94. The van der Waals surface area contributed by atoms with E-state index in [1.807, 2.05) is 19.1 Å². The largest absolute Gasteiger partial charge is 0.321 e. The van der Waals surface area contributed by atoms with E-state index >= 15 is 0 Å². The van der Waals surface area contributed by atoms with Crippen LogP contribution >= 0.6 is 11.5 Å². The van der Waals surface area contributed by atoms with E-state index in [1.54, 1.807) is 12.1 Å². The first-order valence-corrected chi connectivity index (χ1v) is 7.01. The van der Waals surface area contributed by atoms with Gasteiger partial charge in [-0.15, -0.1) is 10.2 Å². The van der Waals surface area contributed by atoms with Crippen LogP contribution in [0.1, 0.15) is 22.3 Å². The lowest BCUT2D eigenvalue weighted by molar-refractivity contribution is 0.102. The number of aromatic nitrogens is 6. The van der Waals surface area contributed by atoms with Crippen molar-refractivity contribution in [1.29, 1.82) is 0 Å². The molecule has 0 saturated carbocycles. The number of aryl methyl sites for hydroxylation is 1. The van der Waals surface area contributed by atoms with Crippen molar-refractivity contribution in [2.75, 3.05) is 5.32 Å². The Balaban J connectivity index is 1.82. The highest BCUT2D eigenvalue weighted by atomic mass is 32.1. The summed E-state index contributed by atoms with van der Waals surface area (Å²) in [5, 5.41) is 17.7. The van der Waals surface area contributed by atoms with E-state index in [0.717, 1.165) is 17.2 Å². The Labute approximate surface area is 124 Å². The van der Waals surface area contributed by atoms with Crippen molar-refractivity contribution in [3.63, 3.8) is 0 Å². The summed E-state index contributed by atoms with van der Waals surface area (Å²) in [5.74, 6) is -0.212. The van der Waals surface area contributed by atoms with Gasteiger partial charge in [-0.05, 0) is 46.6 Å². The van der Waals surface area contributed by atoms with E-state index in [0.29, 0.717) is 22.7 Å². The molecule has 1 aromatic carbocycles. The fraction of sp³-hybridized carbons (Fsp3) is 0.167. The summed E-state index contributed by atoms with van der Waals surface area (Å²) < 4.78 is 5.33. The third-order valence-electron chi connectivity index (χ3n) is 2.81. The van der Waals surface area contributed by atoms with Crippen molar-refractivity contribution >= 4 is 23.1 Å². The smallest absolute Gasteiger partial charge is 0.269 e. The normalized spacial score (nSPS) is 10.5. The van der Waals surface area contributed by atoms with Crippen molar-refractivity contribution in [1.82, 2.24) is 29.8 Å². The van der Waals surface area contributed by atoms with Crippen LogP contribution < -0.4 is 5.32 Å². The van der Waals surface area contributed by atoms with Crippen molar-refractivity contribution in [2.24, 2.45) is 0 Å². The lowest BCUT2D eigenvalue weighted by Crippen LogP contribution is -2.12. The maximum atomic E-state index is 12.2. The molecule has 3 aromatic rings. The van der Waals surface area contributed by atoms with Crippen LogP contribution in [0, 0.1) is 0 Å². The molecule has 3 rings (SSSR count). The average Bonchev–Trinajstić information content (AvgIpc) is 3.18. The zero-order chi connectivity index (χ0) is 14.7. The monoisotopic (exact) mass is 301 g/mol. The molecule has 0 aliphatic rings. The second-order valence-corrected chi connectivity index (χ2v) is 4.92. The van der Waals surface area contributed by atoms with Gasteiger partial charge in [-0.1, -0.05) is 17.5 Å². The van der Waals surface area contributed by atoms with E-state index in [2.05, 4.69) is 30.4 Å². The Kier molecular flexibility index (Phi) is 3.65. The molecule has 0 aliphatic carbocycles. The Bertz CT molecular complexity index is 753. The minimum Gasteiger partial charge on any atom is -0.321 e. The molecule has 2 heterocycles. The van der Waals surface area contributed by atoms with E-state index in [9.17, 15) is 4.79 Å². The third kappa shape index (κ3) is 2.77. The van der Waals surface area contributed by atoms with Crippen molar-refractivity contribution in [3.8, 4) is 5.69 Å². The van der Waals surface area contributed by atoms with Gasteiger partial charge >= 0.3 is 0 Å². The number of hydrogen-bond acceptors (Lipinski definition) is 7. The first-order valence-electron chi connectivity index (χ1n) is 6.24. The highest BCUT2D eigenvalue weighted by Gasteiger charge is 2.15. The van der Waals surface area contributed by atoms with Gasteiger partial charge in [0.25, 0.3) is 5.91 Å². The number of carbonyl (C=O) groups excluding carboxylic acids is 1. The first-order chi connectivity index (χ1) is 10.3. The predicted molar refractivity (Wildman–Crippen MR) is 76.4 cm³/mol. The van der Waals surface area contributed by atoms with Gasteiger partial charge in [0.05, 0.1) is 11.4 Å². The molecule has 2 aromatic heterocycles. The Morgan fingerprint density at radius 3 is 3.10 bits per heavy atom. The quantitative estimate of drug-likeness (QED) is 0.780. The summed E-state index contributed by atoms with van der Waals surface area (Å²) in [7, 11) is 0. The Morgan fingerprint density at radius 1 is 1.43 bits per heavy atom. The maximum Gasteiger partial charge on any atom is 0.269 e. The molecule has 8 nitrogen and oxygen atoms in total. The molecule has 1 N–H and O–H groups in total. The van der Waals surface area contributed by atoms with Gasteiger partial charge in [0.15, 0.2) is 0 Å². The van der Waals surface area contributed by atoms with E-state index < -0.39 is 0 Å². The standard InChI is InChI=1S/C12H11N7OS/c1-2-10-11(21-18-15-10)12(20)14-8-4-3-5-9(6-8)19-7-13-16-17-19/h3-7H,2H2,1H3,(H,14,20).